The molecule has 134 valence electrons. The molecule has 1 N–H and O–H groups in total. The van der Waals surface area contributed by atoms with E-state index in [0.717, 1.165) is 11.6 Å². The van der Waals surface area contributed by atoms with Gasteiger partial charge in [0.2, 0.25) is 5.95 Å². The number of hydrogen-bond donors (Lipinski definition) is 1. The Morgan fingerprint density at radius 1 is 1.31 bits per heavy atom. The number of carbonyl (C=O) groups excluding carboxylic acids is 1. The van der Waals surface area contributed by atoms with Crippen molar-refractivity contribution in [1.29, 1.82) is 0 Å². The summed E-state index contributed by atoms with van der Waals surface area (Å²) in [6.07, 6.45) is 0. The lowest BCUT2D eigenvalue weighted by Crippen LogP contribution is -2.18. The molecule has 0 unspecified atom stereocenters. The predicted molar refractivity (Wildman–Crippen MR) is 93.9 cm³/mol. The number of amides is 1. The van der Waals surface area contributed by atoms with Gasteiger partial charge in [-0.15, -0.1) is 0 Å². The molecule has 3 aromatic rings. The van der Waals surface area contributed by atoms with Crippen molar-refractivity contribution < 1.29 is 13.9 Å². The molecule has 0 aliphatic carbocycles. The van der Waals surface area contributed by atoms with E-state index in [1.807, 2.05) is 30.3 Å². The summed E-state index contributed by atoms with van der Waals surface area (Å²) in [4.78, 5) is 12.4. The molecular formula is C16H12Cl2FN5O2. The number of hydrogen-bond acceptors (Lipinski definition) is 5. The molecule has 0 aliphatic heterocycles. The second kappa shape index (κ2) is 7.67. The Labute approximate surface area is 157 Å². The second-order valence-electron chi connectivity index (χ2n) is 5.21. The number of aryl methyl sites for hydroxylation is 1. The number of carbonyl (C=O) groups is 1. The summed E-state index contributed by atoms with van der Waals surface area (Å²) < 4.78 is 21.1. The van der Waals surface area contributed by atoms with Crippen molar-refractivity contribution in [1.82, 2.24) is 20.2 Å². The third kappa shape index (κ3) is 3.76. The van der Waals surface area contributed by atoms with E-state index in [4.69, 9.17) is 27.9 Å². The van der Waals surface area contributed by atoms with Gasteiger partial charge in [-0.2, -0.15) is 0 Å². The van der Waals surface area contributed by atoms with Crippen molar-refractivity contribution in [3.63, 3.8) is 0 Å². The maximum absolute atomic E-state index is 14.3. The third-order valence-electron chi connectivity index (χ3n) is 3.43. The molecule has 0 fully saturated rings. The lowest BCUT2D eigenvalue weighted by Gasteiger charge is -2.14. The minimum atomic E-state index is -0.889. The highest BCUT2D eigenvalue weighted by Gasteiger charge is 2.24. The topological polar surface area (TPSA) is 81.9 Å². The molecule has 0 radical (unpaired) electrons. The van der Waals surface area contributed by atoms with Crippen molar-refractivity contribution in [3.05, 3.63) is 63.4 Å². The Morgan fingerprint density at radius 2 is 2.04 bits per heavy atom. The van der Waals surface area contributed by atoms with Gasteiger partial charge in [-0.3, -0.25) is 10.1 Å². The number of halogens is 3. The fraction of sp³-hybridized carbons (Fsp3) is 0.125. The zero-order chi connectivity index (χ0) is 18.7. The van der Waals surface area contributed by atoms with Gasteiger partial charge in [-0.1, -0.05) is 58.6 Å². The quantitative estimate of drug-likeness (QED) is 0.714. The molecule has 1 aromatic heterocycles. The van der Waals surface area contributed by atoms with Crippen molar-refractivity contribution in [2.75, 3.05) is 5.32 Å². The first-order chi connectivity index (χ1) is 12.5. The van der Waals surface area contributed by atoms with Crippen LogP contribution in [0.15, 0.2) is 36.4 Å². The van der Waals surface area contributed by atoms with E-state index >= 15 is 0 Å². The number of anilines is 1. The SMILES string of the molecule is Cn1nnnc1NC(=O)c1c(F)cc(Cl)c(OCc2ccccc2)c1Cl. The second-order valence-corrected chi connectivity index (χ2v) is 6.00. The van der Waals surface area contributed by atoms with E-state index in [1.54, 1.807) is 0 Å². The molecule has 7 nitrogen and oxygen atoms in total. The highest BCUT2D eigenvalue weighted by Crippen LogP contribution is 2.38. The number of benzene rings is 2. The van der Waals surface area contributed by atoms with Crippen LogP contribution in [-0.4, -0.2) is 26.1 Å². The van der Waals surface area contributed by atoms with E-state index in [9.17, 15) is 9.18 Å². The van der Waals surface area contributed by atoms with Crippen LogP contribution < -0.4 is 10.1 Å². The Bertz CT molecular complexity index is 949. The van der Waals surface area contributed by atoms with E-state index in [0.29, 0.717) is 0 Å². The van der Waals surface area contributed by atoms with Gasteiger partial charge < -0.3 is 4.74 Å². The molecule has 26 heavy (non-hydrogen) atoms. The first kappa shape index (κ1) is 18.1. The fourth-order valence-electron chi connectivity index (χ4n) is 2.14. The van der Waals surface area contributed by atoms with Crippen LogP contribution in [0, 0.1) is 5.82 Å². The molecule has 3 rings (SSSR count). The highest BCUT2D eigenvalue weighted by atomic mass is 35.5. The first-order valence-corrected chi connectivity index (χ1v) is 8.11. The molecule has 0 saturated heterocycles. The molecule has 0 saturated carbocycles. The van der Waals surface area contributed by atoms with Crippen LogP contribution in [0.5, 0.6) is 5.75 Å². The Morgan fingerprint density at radius 3 is 2.69 bits per heavy atom. The average molecular weight is 396 g/mol. The summed E-state index contributed by atoms with van der Waals surface area (Å²) in [6, 6.07) is 10.2. The summed E-state index contributed by atoms with van der Waals surface area (Å²) >= 11 is 12.2. The molecule has 0 spiro atoms. The van der Waals surface area contributed by atoms with Gasteiger partial charge in [-0.05, 0) is 22.1 Å². The van der Waals surface area contributed by atoms with Gasteiger partial charge in [0, 0.05) is 7.05 Å². The summed E-state index contributed by atoms with van der Waals surface area (Å²) in [5, 5.41) is 12.7. The monoisotopic (exact) mass is 395 g/mol. The van der Waals surface area contributed by atoms with Crippen LogP contribution in [-0.2, 0) is 13.7 Å². The summed E-state index contributed by atoms with van der Waals surface area (Å²) in [6.45, 7) is 0.153. The van der Waals surface area contributed by atoms with Crippen molar-refractivity contribution >= 4 is 35.1 Å². The van der Waals surface area contributed by atoms with E-state index in [2.05, 4.69) is 20.8 Å². The molecule has 0 aliphatic rings. The number of rotatable bonds is 5. The lowest BCUT2D eigenvalue weighted by molar-refractivity contribution is 0.102. The van der Waals surface area contributed by atoms with Gasteiger partial charge in [-0.25, -0.2) is 9.07 Å². The molecule has 1 heterocycles. The standard InChI is InChI=1S/C16H12Cl2FN5O2/c1-24-16(21-22-23-24)20-15(25)12-11(19)7-10(17)14(13(12)18)26-8-9-5-3-2-4-6-9/h2-7H,8H2,1H3,(H,20,21,23,25). The number of nitrogens with zero attached hydrogens (tertiary/aromatic N) is 4. The van der Waals surface area contributed by atoms with Crippen LogP contribution in [0.3, 0.4) is 0 Å². The van der Waals surface area contributed by atoms with Crippen molar-refractivity contribution in [2.45, 2.75) is 6.61 Å². The zero-order valence-electron chi connectivity index (χ0n) is 13.4. The van der Waals surface area contributed by atoms with E-state index < -0.39 is 17.3 Å². The smallest absolute Gasteiger partial charge is 0.262 e. The fourth-order valence-corrected chi connectivity index (χ4v) is 2.77. The molecule has 10 heteroatoms. The third-order valence-corrected chi connectivity index (χ3v) is 4.07. The maximum atomic E-state index is 14.3. The van der Waals surface area contributed by atoms with Gasteiger partial charge in [0.1, 0.15) is 12.4 Å². The Hall–Kier alpha value is -2.71. The molecule has 1 amide bonds. The van der Waals surface area contributed by atoms with Crippen LogP contribution in [0.25, 0.3) is 0 Å². The molecule has 2 aromatic carbocycles. The normalized spacial score (nSPS) is 10.6. The maximum Gasteiger partial charge on any atom is 0.262 e. The van der Waals surface area contributed by atoms with Crippen LogP contribution in [0.2, 0.25) is 10.0 Å². The minimum Gasteiger partial charge on any atom is -0.486 e. The largest absolute Gasteiger partial charge is 0.486 e. The molecule has 0 atom stereocenters. The van der Waals surface area contributed by atoms with Crippen LogP contribution in [0.4, 0.5) is 10.3 Å². The highest BCUT2D eigenvalue weighted by molar-refractivity contribution is 6.39. The van der Waals surface area contributed by atoms with Gasteiger partial charge in [0.25, 0.3) is 5.91 Å². The molecule has 0 bridgehead atoms. The number of ether oxygens (including phenoxy) is 1. The van der Waals surface area contributed by atoms with Gasteiger partial charge in [0.15, 0.2) is 5.75 Å². The van der Waals surface area contributed by atoms with Crippen LogP contribution in [0.1, 0.15) is 15.9 Å². The van der Waals surface area contributed by atoms with Crippen molar-refractivity contribution in [2.24, 2.45) is 7.05 Å². The summed E-state index contributed by atoms with van der Waals surface area (Å²) in [7, 11) is 1.52. The number of tetrazole rings is 1. The van der Waals surface area contributed by atoms with E-state index in [-0.39, 0.29) is 28.3 Å². The summed E-state index contributed by atoms with van der Waals surface area (Å²) in [5.41, 5.74) is 0.447. The zero-order valence-corrected chi connectivity index (χ0v) is 14.9. The van der Waals surface area contributed by atoms with Crippen molar-refractivity contribution in [3.8, 4) is 5.75 Å². The Kier molecular flexibility index (Phi) is 5.34. The Balaban J connectivity index is 1.88. The average Bonchev–Trinajstić information content (AvgIpc) is 3.00. The lowest BCUT2D eigenvalue weighted by atomic mass is 10.1. The van der Waals surface area contributed by atoms with Gasteiger partial charge in [0.05, 0.1) is 15.6 Å². The van der Waals surface area contributed by atoms with Gasteiger partial charge >= 0.3 is 0 Å². The molecular weight excluding hydrogens is 384 g/mol. The predicted octanol–water partition coefficient (Wildman–Crippen LogP) is 3.49. The van der Waals surface area contributed by atoms with Crippen LogP contribution >= 0.6 is 23.2 Å². The number of nitrogens with one attached hydrogen (secondary N) is 1. The summed E-state index contributed by atoms with van der Waals surface area (Å²) in [5.74, 6) is -1.67. The van der Waals surface area contributed by atoms with E-state index in [1.165, 1.54) is 11.7 Å². The first-order valence-electron chi connectivity index (χ1n) is 7.35. The number of aromatic nitrogens is 4. The minimum absolute atomic E-state index is 0.0137.